The predicted octanol–water partition coefficient (Wildman–Crippen LogP) is 4.43. The Kier molecular flexibility index (Phi) is 5.24. The van der Waals surface area contributed by atoms with Gasteiger partial charge in [-0.2, -0.15) is 4.98 Å². The van der Waals surface area contributed by atoms with Crippen molar-refractivity contribution in [2.45, 2.75) is 13.0 Å². The van der Waals surface area contributed by atoms with Crippen LogP contribution >= 0.6 is 15.9 Å². The Bertz CT molecular complexity index is 1300. The number of hydrogen-bond acceptors (Lipinski definition) is 6. The molecule has 1 atom stereocenters. The van der Waals surface area contributed by atoms with E-state index in [4.69, 9.17) is 5.10 Å². The van der Waals surface area contributed by atoms with Gasteiger partial charge in [0.1, 0.15) is 6.04 Å². The second-order valence-electron chi connectivity index (χ2n) is 7.26. The molecule has 1 aromatic carbocycles. The van der Waals surface area contributed by atoms with Gasteiger partial charge in [0.05, 0.1) is 17.5 Å². The number of carbonyl (C=O) groups excluding carboxylic acids is 1. The summed E-state index contributed by atoms with van der Waals surface area (Å²) in [5.41, 5.74) is 3.58. The molecule has 158 valence electrons. The maximum Gasteiger partial charge on any atom is 0.255 e. The van der Waals surface area contributed by atoms with E-state index in [2.05, 4.69) is 41.5 Å². The molecule has 2 N–H and O–H groups in total. The summed E-state index contributed by atoms with van der Waals surface area (Å²) in [6.07, 6.45) is 6.69. The van der Waals surface area contributed by atoms with Gasteiger partial charge < -0.3 is 10.6 Å². The molecule has 1 aliphatic heterocycles. The summed E-state index contributed by atoms with van der Waals surface area (Å²) in [4.78, 5) is 26.3. The van der Waals surface area contributed by atoms with Crippen LogP contribution < -0.4 is 10.6 Å². The number of hydrogen-bond donors (Lipinski definition) is 2. The van der Waals surface area contributed by atoms with Crippen LogP contribution in [0.1, 0.15) is 18.5 Å². The van der Waals surface area contributed by atoms with Gasteiger partial charge in [-0.3, -0.25) is 14.8 Å². The number of halogens is 1. The van der Waals surface area contributed by atoms with Crippen LogP contribution in [0.25, 0.3) is 11.4 Å². The van der Waals surface area contributed by atoms with Gasteiger partial charge in [0.25, 0.3) is 5.91 Å². The van der Waals surface area contributed by atoms with E-state index in [-0.39, 0.29) is 5.91 Å². The van der Waals surface area contributed by atoms with Crippen molar-refractivity contribution in [2.75, 3.05) is 10.6 Å². The predicted molar refractivity (Wildman–Crippen MR) is 125 cm³/mol. The smallest absolute Gasteiger partial charge is 0.255 e. The molecule has 0 bridgehead atoms. The topological polar surface area (TPSA) is 97.6 Å². The number of carbonyl (C=O) groups is 1. The highest BCUT2D eigenvalue weighted by Crippen LogP contribution is 2.37. The third kappa shape index (κ3) is 3.78. The van der Waals surface area contributed by atoms with Crippen LogP contribution in [-0.2, 0) is 4.79 Å². The molecule has 3 aromatic heterocycles. The van der Waals surface area contributed by atoms with E-state index < -0.39 is 6.04 Å². The molecular formula is C23H18BrN7O. The van der Waals surface area contributed by atoms with Gasteiger partial charge in [0.2, 0.25) is 5.95 Å². The van der Waals surface area contributed by atoms with Crippen molar-refractivity contribution in [2.24, 2.45) is 0 Å². The number of pyridine rings is 2. The van der Waals surface area contributed by atoms with E-state index in [1.807, 2.05) is 43.3 Å². The Labute approximate surface area is 192 Å². The molecular weight excluding hydrogens is 470 g/mol. The van der Waals surface area contributed by atoms with E-state index in [1.165, 1.54) is 0 Å². The first-order chi connectivity index (χ1) is 15.6. The lowest BCUT2D eigenvalue weighted by Crippen LogP contribution is -2.31. The maximum atomic E-state index is 13.4. The van der Waals surface area contributed by atoms with Crippen molar-refractivity contribution < 1.29 is 4.79 Å². The average molecular weight is 488 g/mol. The Morgan fingerprint density at radius 2 is 1.81 bits per heavy atom. The Balaban J connectivity index is 1.60. The zero-order chi connectivity index (χ0) is 22.1. The van der Waals surface area contributed by atoms with Crippen LogP contribution in [0.15, 0.2) is 89.1 Å². The highest BCUT2D eigenvalue weighted by atomic mass is 79.9. The molecule has 0 radical (unpaired) electrons. The van der Waals surface area contributed by atoms with Crippen LogP contribution in [0.5, 0.6) is 0 Å². The fraction of sp³-hybridized carbons (Fsp3) is 0.0870. The molecule has 4 aromatic rings. The minimum Gasteiger partial charge on any atom is -0.328 e. The molecule has 1 unspecified atom stereocenters. The molecule has 0 spiro atoms. The third-order valence-electron chi connectivity index (χ3n) is 5.12. The van der Waals surface area contributed by atoms with Crippen LogP contribution in [-0.4, -0.2) is 30.6 Å². The lowest BCUT2D eigenvalue weighted by molar-refractivity contribution is -0.113. The Hall–Kier alpha value is -3.85. The summed E-state index contributed by atoms with van der Waals surface area (Å²) >= 11 is 3.48. The number of nitrogens with one attached hydrogen (secondary N) is 2. The highest BCUT2D eigenvalue weighted by Gasteiger charge is 2.34. The van der Waals surface area contributed by atoms with Gasteiger partial charge in [-0.1, -0.05) is 28.1 Å². The summed E-state index contributed by atoms with van der Waals surface area (Å²) in [5, 5.41) is 10.9. The first-order valence-corrected chi connectivity index (χ1v) is 10.7. The van der Waals surface area contributed by atoms with Crippen molar-refractivity contribution in [1.82, 2.24) is 24.7 Å². The second kappa shape index (κ2) is 8.35. The number of fused-ring (bicyclic) bond motifs is 1. The number of rotatable bonds is 4. The van der Waals surface area contributed by atoms with Crippen LogP contribution in [0.3, 0.4) is 0 Å². The van der Waals surface area contributed by atoms with Gasteiger partial charge in [-0.25, -0.2) is 4.68 Å². The molecule has 1 aliphatic rings. The third-order valence-corrected chi connectivity index (χ3v) is 5.65. The van der Waals surface area contributed by atoms with Crippen molar-refractivity contribution in [3.8, 4) is 11.4 Å². The summed E-state index contributed by atoms with van der Waals surface area (Å²) < 4.78 is 2.70. The Morgan fingerprint density at radius 3 is 2.50 bits per heavy atom. The zero-order valence-corrected chi connectivity index (χ0v) is 18.6. The van der Waals surface area contributed by atoms with Crippen molar-refractivity contribution in [1.29, 1.82) is 0 Å². The van der Waals surface area contributed by atoms with Gasteiger partial charge in [-0.05, 0) is 48.9 Å². The highest BCUT2D eigenvalue weighted by molar-refractivity contribution is 9.10. The number of allylic oxidation sites excluding steroid dienone is 1. The van der Waals surface area contributed by atoms with Gasteiger partial charge in [-0.15, -0.1) is 5.10 Å². The summed E-state index contributed by atoms with van der Waals surface area (Å²) in [6, 6.07) is 14.7. The van der Waals surface area contributed by atoms with Crippen molar-refractivity contribution in [3.05, 3.63) is 94.6 Å². The first-order valence-electron chi connectivity index (χ1n) is 9.92. The molecule has 0 aliphatic carbocycles. The van der Waals surface area contributed by atoms with Crippen molar-refractivity contribution in [3.63, 3.8) is 0 Å². The normalized spacial score (nSPS) is 15.1. The molecule has 0 fully saturated rings. The van der Waals surface area contributed by atoms with Crippen LogP contribution in [0, 0.1) is 0 Å². The standard InChI is InChI=1S/C23H18BrN7O/c1-14-19(22(32)28-18-5-3-11-26-13-18)20(15-6-8-17(24)9-7-15)31-23(27-14)29-21(30-31)16-4-2-10-25-12-16/h2-13,20H,1H3,(H,28,32)(H,27,29,30). The molecule has 9 heteroatoms. The minimum absolute atomic E-state index is 0.236. The van der Waals surface area contributed by atoms with E-state index in [0.29, 0.717) is 28.7 Å². The first kappa shape index (κ1) is 20.1. The quantitative estimate of drug-likeness (QED) is 0.441. The number of amides is 1. The molecule has 1 amide bonds. The maximum absolute atomic E-state index is 13.4. The van der Waals surface area contributed by atoms with Crippen molar-refractivity contribution >= 4 is 33.5 Å². The van der Waals surface area contributed by atoms with Gasteiger partial charge >= 0.3 is 0 Å². The lowest BCUT2D eigenvalue weighted by atomic mass is 9.95. The number of aromatic nitrogens is 5. The van der Waals surface area contributed by atoms with E-state index in [9.17, 15) is 4.79 Å². The lowest BCUT2D eigenvalue weighted by Gasteiger charge is -2.28. The monoisotopic (exact) mass is 487 g/mol. The fourth-order valence-corrected chi connectivity index (χ4v) is 3.92. The number of anilines is 2. The summed E-state index contributed by atoms with van der Waals surface area (Å²) in [6.45, 7) is 1.87. The minimum atomic E-state index is -0.464. The molecule has 5 rings (SSSR count). The molecule has 4 heterocycles. The summed E-state index contributed by atoms with van der Waals surface area (Å²) in [7, 11) is 0. The van der Waals surface area contributed by atoms with Crippen LogP contribution in [0.4, 0.5) is 11.6 Å². The van der Waals surface area contributed by atoms with E-state index in [0.717, 1.165) is 15.6 Å². The van der Waals surface area contributed by atoms with Gasteiger partial charge in [0, 0.05) is 34.3 Å². The number of benzene rings is 1. The van der Waals surface area contributed by atoms with E-state index in [1.54, 1.807) is 41.6 Å². The Morgan fingerprint density at radius 1 is 1.06 bits per heavy atom. The molecule has 8 nitrogen and oxygen atoms in total. The largest absolute Gasteiger partial charge is 0.328 e. The average Bonchev–Trinajstić information content (AvgIpc) is 3.23. The summed E-state index contributed by atoms with van der Waals surface area (Å²) in [5.74, 6) is 0.858. The SMILES string of the molecule is CC1=C(C(=O)Nc2cccnc2)C(c2ccc(Br)cc2)n2nc(-c3cccnc3)nc2N1. The van der Waals surface area contributed by atoms with Gasteiger partial charge in [0.15, 0.2) is 5.82 Å². The molecule has 32 heavy (non-hydrogen) atoms. The fourth-order valence-electron chi connectivity index (χ4n) is 3.65. The molecule has 0 saturated carbocycles. The van der Waals surface area contributed by atoms with E-state index >= 15 is 0 Å². The number of nitrogens with zero attached hydrogens (tertiary/aromatic N) is 5. The second-order valence-corrected chi connectivity index (χ2v) is 8.17. The van der Waals surface area contributed by atoms with Crippen LogP contribution in [0.2, 0.25) is 0 Å². The molecule has 0 saturated heterocycles. The zero-order valence-electron chi connectivity index (χ0n) is 17.0.